The maximum Gasteiger partial charge on any atom is 0.311 e. The van der Waals surface area contributed by atoms with Crippen molar-refractivity contribution < 1.29 is 19.1 Å². The molecule has 1 aliphatic carbocycles. The molecule has 2 fully saturated rings. The number of hydrogen-bond donors (Lipinski definition) is 1. The van der Waals surface area contributed by atoms with Gasteiger partial charge in [-0.05, 0) is 37.8 Å². The molecule has 1 N–H and O–H groups in total. The molecule has 2 aliphatic rings. The molecular weight excluding hydrogens is 359 g/mol. The van der Waals surface area contributed by atoms with Crippen molar-refractivity contribution in [3.63, 3.8) is 0 Å². The summed E-state index contributed by atoms with van der Waals surface area (Å²) in [7, 11) is 1.62. The fourth-order valence-electron chi connectivity index (χ4n) is 4.45. The van der Waals surface area contributed by atoms with Crippen LogP contribution in [-0.4, -0.2) is 53.0 Å². The summed E-state index contributed by atoms with van der Waals surface area (Å²) in [6, 6.07) is 3.99. The zero-order valence-corrected chi connectivity index (χ0v) is 15.8. The van der Waals surface area contributed by atoms with E-state index in [2.05, 4.69) is 0 Å². The first-order valence-electron chi connectivity index (χ1n) is 8.91. The summed E-state index contributed by atoms with van der Waals surface area (Å²) in [4.78, 5) is 28.0. The van der Waals surface area contributed by atoms with Gasteiger partial charge in [0.05, 0.1) is 11.5 Å². The Balaban J connectivity index is 1.69. The molecule has 0 radical (unpaired) electrons. The lowest BCUT2D eigenvalue weighted by molar-refractivity contribution is -0.150. The molecule has 26 heavy (non-hydrogen) atoms. The van der Waals surface area contributed by atoms with Crippen LogP contribution in [-0.2, 0) is 16.1 Å². The summed E-state index contributed by atoms with van der Waals surface area (Å²) >= 11 is 6.05. The van der Waals surface area contributed by atoms with Gasteiger partial charge < -0.3 is 10.0 Å². The van der Waals surface area contributed by atoms with Gasteiger partial charge in [0.2, 0.25) is 5.91 Å². The van der Waals surface area contributed by atoms with Crippen LogP contribution >= 0.6 is 11.6 Å². The third-order valence-electron chi connectivity index (χ3n) is 6.06. The van der Waals surface area contributed by atoms with Crippen LogP contribution < -0.4 is 0 Å². The molecule has 1 saturated carbocycles. The van der Waals surface area contributed by atoms with Crippen LogP contribution in [0.3, 0.4) is 0 Å². The smallest absolute Gasteiger partial charge is 0.311 e. The Morgan fingerprint density at radius 3 is 2.85 bits per heavy atom. The molecule has 1 heterocycles. The Labute approximate surface area is 157 Å². The Morgan fingerprint density at radius 2 is 2.23 bits per heavy atom. The third kappa shape index (κ3) is 3.21. The van der Waals surface area contributed by atoms with E-state index in [9.17, 15) is 19.1 Å². The maximum atomic E-state index is 14.0. The van der Waals surface area contributed by atoms with Gasteiger partial charge in [-0.2, -0.15) is 0 Å². The predicted octanol–water partition coefficient (Wildman–Crippen LogP) is 3.01. The fraction of sp³-hybridized carbons (Fsp3) is 0.579. The highest BCUT2D eigenvalue weighted by molar-refractivity contribution is 6.31. The lowest BCUT2D eigenvalue weighted by Crippen LogP contribution is -2.46. The number of halogens is 2. The average Bonchev–Trinajstić information content (AvgIpc) is 3.15. The monoisotopic (exact) mass is 382 g/mol. The van der Waals surface area contributed by atoms with Gasteiger partial charge in [-0.1, -0.05) is 24.1 Å². The Bertz CT molecular complexity index is 708. The van der Waals surface area contributed by atoms with Crippen molar-refractivity contribution in [2.75, 3.05) is 20.1 Å². The van der Waals surface area contributed by atoms with Gasteiger partial charge >= 0.3 is 5.97 Å². The molecule has 0 aromatic heterocycles. The number of rotatable bonds is 5. The van der Waals surface area contributed by atoms with Crippen molar-refractivity contribution in [3.05, 3.63) is 34.6 Å². The van der Waals surface area contributed by atoms with Crippen LogP contribution in [0.5, 0.6) is 0 Å². The Morgan fingerprint density at radius 1 is 1.50 bits per heavy atom. The second-order valence-electron chi connectivity index (χ2n) is 7.55. The first kappa shape index (κ1) is 19.1. The number of aliphatic carboxylic acids is 1. The SMILES string of the molecule is CC(C(=O)N(C)Cc1c(F)cccc1Cl)N1C[C@@H]2CCC[C@@]2(C(=O)O)C1. The standard InChI is InChI=1S/C19H24ClFN2O3/c1-12(23-9-13-5-4-8-19(13,11-23)18(25)26)17(24)22(2)10-14-15(20)6-3-7-16(14)21/h3,6-7,12-13H,4-5,8-11H2,1-2H3,(H,25,26)/t12?,13-,19+/m0/s1. The summed E-state index contributed by atoms with van der Waals surface area (Å²) < 4.78 is 14.0. The van der Waals surface area contributed by atoms with E-state index in [1.165, 1.54) is 17.0 Å². The van der Waals surface area contributed by atoms with E-state index in [-0.39, 0.29) is 29.0 Å². The number of fused-ring (bicyclic) bond motifs is 1. The van der Waals surface area contributed by atoms with Crippen molar-refractivity contribution in [2.24, 2.45) is 11.3 Å². The largest absolute Gasteiger partial charge is 0.481 e. The zero-order valence-electron chi connectivity index (χ0n) is 15.0. The lowest BCUT2D eigenvalue weighted by Gasteiger charge is -2.29. The van der Waals surface area contributed by atoms with E-state index in [1.54, 1.807) is 20.0 Å². The van der Waals surface area contributed by atoms with Gasteiger partial charge in [0, 0.05) is 37.3 Å². The molecule has 0 spiro atoms. The molecule has 1 aromatic rings. The van der Waals surface area contributed by atoms with Gasteiger partial charge in [0.1, 0.15) is 5.82 Å². The van der Waals surface area contributed by atoms with Crippen molar-refractivity contribution >= 4 is 23.5 Å². The van der Waals surface area contributed by atoms with E-state index in [1.807, 2.05) is 4.90 Å². The lowest BCUT2D eigenvalue weighted by atomic mass is 9.81. The van der Waals surface area contributed by atoms with Crippen LogP contribution in [0.15, 0.2) is 18.2 Å². The molecule has 1 saturated heterocycles. The topological polar surface area (TPSA) is 60.9 Å². The van der Waals surface area contributed by atoms with E-state index >= 15 is 0 Å². The number of carbonyl (C=O) groups excluding carboxylic acids is 1. The molecule has 3 atom stereocenters. The first-order chi connectivity index (χ1) is 12.3. The van der Waals surface area contributed by atoms with Gasteiger partial charge in [-0.25, -0.2) is 4.39 Å². The number of likely N-dealkylation sites (N-methyl/N-ethyl adjacent to an activating group) is 1. The summed E-state index contributed by atoms with van der Waals surface area (Å²) in [5.41, 5.74) is -0.431. The molecule has 1 amide bonds. The van der Waals surface area contributed by atoms with Crippen molar-refractivity contribution in [1.29, 1.82) is 0 Å². The summed E-state index contributed by atoms with van der Waals surface area (Å²) in [6.45, 7) is 2.89. The quantitative estimate of drug-likeness (QED) is 0.850. The highest BCUT2D eigenvalue weighted by atomic mass is 35.5. The summed E-state index contributed by atoms with van der Waals surface area (Å²) in [6.07, 6.45) is 2.49. The van der Waals surface area contributed by atoms with Gasteiger partial charge in [0.15, 0.2) is 0 Å². The first-order valence-corrected chi connectivity index (χ1v) is 9.29. The Kier molecular flexibility index (Phi) is 5.26. The van der Waals surface area contributed by atoms with E-state index < -0.39 is 23.2 Å². The van der Waals surface area contributed by atoms with E-state index in [0.29, 0.717) is 19.5 Å². The molecule has 1 unspecified atom stereocenters. The molecule has 3 rings (SSSR count). The van der Waals surface area contributed by atoms with Crippen LogP contribution in [0.25, 0.3) is 0 Å². The van der Waals surface area contributed by atoms with Gasteiger partial charge in [-0.15, -0.1) is 0 Å². The van der Waals surface area contributed by atoms with Crippen LogP contribution in [0.2, 0.25) is 5.02 Å². The van der Waals surface area contributed by atoms with Crippen LogP contribution in [0.4, 0.5) is 4.39 Å². The highest BCUT2D eigenvalue weighted by Crippen LogP contribution is 2.49. The second kappa shape index (κ2) is 7.16. The molecule has 142 valence electrons. The minimum absolute atomic E-state index is 0.0794. The van der Waals surface area contributed by atoms with Crippen LogP contribution in [0.1, 0.15) is 31.7 Å². The van der Waals surface area contributed by atoms with Crippen LogP contribution in [0, 0.1) is 17.2 Å². The number of benzene rings is 1. The van der Waals surface area contributed by atoms with E-state index in [0.717, 1.165) is 12.8 Å². The molecular formula is C19H24ClFN2O3. The number of nitrogens with zero attached hydrogens (tertiary/aromatic N) is 2. The number of carbonyl (C=O) groups is 2. The second-order valence-corrected chi connectivity index (χ2v) is 7.96. The molecule has 0 bridgehead atoms. The van der Waals surface area contributed by atoms with Gasteiger partial charge in [0.25, 0.3) is 0 Å². The number of hydrogen-bond acceptors (Lipinski definition) is 3. The molecule has 1 aromatic carbocycles. The minimum Gasteiger partial charge on any atom is -0.481 e. The molecule has 7 heteroatoms. The molecule has 1 aliphatic heterocycles. The van der Waals surface area contributed by atoms with Gasteiger partial charge in [-0.3, -0.25) is 14.5 Å². The number of carboxylic acids is 1. The number of carboxylic acid groups (broad SMARTS) is 1. The van der Waals surface area contributed by atoms with Crippen molar-refractivity contribution in [2.45, 2.75) is 38.8 Å². The predicted molar refractivity (Wildman–Crippen MR) is 96.3 cm³/mol. The summed E-state index contributed by atoms with van der Waals surface area (Å²) in [5, 5.41) is 9.99. The zero-order chi connectivity index (χ0) is 19.1. The fourth-order valence-corrected chi connectivity index (χ4v) is 4.67. The third-order valence-corrected chi connectivity index (χ3v) is 6.42. The normalized spacial score (nSPS) is 26.5. The average molecular weight is 383 g/mol. The minimum atomic E-state index is -0.756. The highest BCUT2D eigenvalue weighted by Gasteiger charge is 2.56. The van der Waals surface area contributed by atoms with Crippen molar-refractivity contribution in [3.8, 4) is 0 Å². The number of amides is 1. The summed E-state index contributed by atoms with van der Waals surface area (Å²) in [5.74, 6) is -1.26. The number of likely N-dealkylation sites (tertiary alicyclic amines) is 1. The Hall–Kier alpha value is -1.66. The van der Waals surface area contributed by atoms with Crippen molar-refractivity contribution in [1.82, 2.24) is 9.80 Å². The van der Waals surface area contributed by atoms with E-state index in [4.69, 9.17) is 11.6 Å². The maximum absolute atomic E-state index is 14.0. The molecule has 5 nitrogen and oxygen atoms in total.